The van der Waals surface area contributed by atoms with E-state index in [1.165, 1.54) is 36.4 Å². The van der Waals surface area contributed by atoms with Crippen molar-refractivity contribution in [3.63, 3.8) is 0 Å². The van der Waals surface area contributed by atoms with Crippen LogP contribution in [0.25, 0.3) is 11.0 Å². The molecular weight excluding hydrogens is 374 g/mol. The van der Waals surface area contributed by atoms with Crippen LogP contribution in [0.4, 0.5) is 8.78 Å². The number of fused-ring (bicyclic) bond motifs is 1. The maximum absolute atomic E-state index is 13.2. The van der Waals surface area contributed by atoms with Crippen LogP contribution in [-0.2, 0) is 13.0 Å². The Morgan fingerprint density at radius 1 is 0.897 bits per heavy atom. The van der Waals surface area contributed by atoms with Crippen LogP contribution < -0.4 is 4.74 Å². The van der Waals surface area contributed by atoms with Crippen LogP contribution >= 0.6 is 0 Å². The molecule has 4 rings (SSSR count). The smallest absolute Gasteiger partial charge is 0.123 e. The molecule has 29 heavy (non-hydrogen) atoms. The average molecular weight is 394 g/mol. The van der Waals surface area contributed by atoms with Crippen LogP contribution in [-0.4, -0.2) is 27.4 Å². The number of ether oxygens (including phenoxy) is 1. The van der Waals surface area contributed by atoms with Gasteiger partial charge in [0, 0.05) is 6.42 Å². The van der Waals surface area contributed by atoms with Gasteiger partial charge >= 0.3 is 0 Å². The third-order valence-electron chi connectivity index (χ3n) is 4.66. The Kier molecular flexibility index (Phi) is 5.53. The zero-order valence-electron chi connectivity index (χ0n) is 15.6. The van der Waals surface area contributed by atoms with E-state index in [-0.39, 0.29) is 24.8 Å². The summed E-state index contributed by atoms with van der Waals surface area (Å²) in [5.74, 6) is 0.648. The normalized spacial score (nSPS) is 12.2. The Morgan fingerprint density at radius 2 is 1.55 bits per heavy atom. The number of aliphatic hydroxyl groups excluding tert-OH is 1. The fraction of sp³-hybridized carbons (Fsp3) is 0.174. The minimum Gasteiger partial charge on any atom is -0.491 e. The van der Waals surface area contributed by atoms with E-state index in [9.17, 15) is 13.9 Å². The van der Waals surface area contributed by atoms with Crippen LogP contribution in [0.3, 0.4) is 0 Å². The average Bonchev–Trinajstić information content (AvgIpc) is 3.06. The highest BCUT2D eigenvalue weighted by atomic mass is 19.1. The largest absolute Gasteiger partial charge is 0.491 e. The van der Waals surface area contributed by atoms with Crippen molar-refractivity contribution in [2.45, 2.75) is 19.1 Å². The molecule has 4 nitrogen and oxygen atoms in total. The first-order valence-electron chi connectivity index (χ1n) is 9.33. The summed E-state index contributed by atoms with van der Waals surface area (Å²) < 4.78 is 33.7. The van der Waals surface area contributed by atoms with Crippen molar-refractivity contribution in [2.24, 2.45) is 0 Å². The van der Waals surface area contributed by atoms with E-state index in [1.54, 1.807) is 12.1 Å². The van der Waals surface area contributed by atoms with Crippen molar-refractivity contribution in [3.05, 3.63) is 95.8 Å². The van der Waals surface area contributed by atoms with Crippen molar-refractivity contribution in [1.82, 2.24) is 9.55 Å². The Hall–Kier alpha value is -3.25. The molecule has 4 aromatic rings. The molecule has 0 spiro atoms. The van der Waals surface area contributed by atoms with Crippen LogP contribution in [0, 0.1) is 11.6 Å². The van der Waals surface area contributed by atoms with E-state index < -0.39 is 6.10 Å². The topological polar surface area (TPSA) is 47.3 Å². The molecule has 1 aromatic heterocycles. The van der Waals surface area contributed by atoms with E-state index >= 15 is 0 Å². The van der Waals surface area contributed by atoms with Gasteiger partial charge in [-0.2, -0.15) is 0 Å². The number of hydrogen-bond donors (Lipinski definition) is 1. The molecule has 0 fully saturated rings. The van der Waals surface area contributed by atoms with Crippen molar-refractivity contribution in [1.29, 1.82) is 0 Å². The molecule has 1 unspecified atom stereocenters. The lowest BCUT2D eigenvalue weighted by molar-refractivity contribution is 0.0927. The fourth-order valence-electron chi connectivity index (χ4n) is 3.24. The summed E-state index contributed by atoms with van der Waals surface area (Å²) in [6, 6.07) is 19.7. The molecule has 0 aliphatic heterocycles. The van der Waals surface area contributed by atoms with Gasteiger partial charge in [-0.05, 0) is 54.1 Å². The lowest BCUT2D eigenvalue weighted by Gasteiger charge is -2.16. The van der Waals surface area contributed by atoms with E-state index in [2.05, 4.69) is 4.98 Å². The van der Waals surface area contributed by atoms with Crippen LogP contribution in [0.1, 0.15) is 11.4 Å². The highest BCUT2D eigenvalue weighted by Crippen LogP contribution is 2.20. The molecule has 0 radical (unpaired) electrons. The third kappa shape index (κ3) is 4.60. The molecule has 1 heterocycles. The summed E-state index contributed by atoms with van der Waals surface area (Å²) in [6.07, 6.45) is -0.273. The number of aliphatic hydroxyl groups is 1. The molecule has 6 heteroatoms. The molecule has 3 aromatic carbocycles. The number of halogens is 2. The van der Waals surface area contributed by atoms with Gasteiger partial charge in [0.05, 0.1) is 17.6 Å². The van der Waals surface area contributed by atoms with Gasteiger partial charge < -0.3 is 14.4 Å². The van der Waals surface area contributed by atoms with Crippen LogP contribution in [0.5, 0.6) is 5.75 Å². The molecule has 1 N–H and O–H groups in total. The fourth-order valence-corrected chi connectivity index (χ4v) is 3.24. The Morgan fingerprint density at radius 3 is 2.28 bits per heavy atom. The molecule has 0 aliphatic carbocycles. The van der Waals surface area contributed by atoms with Crippen LogP contribution in [0.15, 0.2) is 72.8 Å². The first-order valence-corrected chi connectivity index (χ1v) is 9.33. The van der Waals surface area contributed by atoms with Crippen molar-refractivity contribution < 1.29 is 18.6 Å². The zero-order valence-corrected chi connectivity index (χ0v) is 15.6. The predicted molar refractivity (Wildman–Crippen MR) is 107 cm³/mol. The van der Waals surface area contributed by atoms with Gasteiger partial charge in [-0.15, -0.1) is 0 Å². The molecule has 0 bridgehead atoms. The molecular formula is C23H20F2N2O2. The zero-order chi connectivity index (χ0) is 20.2. The maximum atomic E-state index is 13.2. The standard InChI is InChI=1S/C23H20F2N2O2/c24-17-7-5-16(6-8-17)13-23-26-21-3-1-2-4-22(21)27(23)14-19(28)15-29-20-11-9-18(25)10-12-20/h1-12,19,28H,13-15H2. The minimum atomic E-state index is -0.787. The maximum Gasteiger partial charge on any atom is 0.123 e. The number of imidazole rings is 1. The van der Waals surface area contributed by atoms with Gasteiger partial charge in [-0.1, -0.05) is 24.3 Å². The Balaban J connectivity index is 1.53. The second kappa shape index (κ2) is 8.41. The second-order valence-electron chi connectivity index (χ2n) is 6.85. The Bertz CT molecular complexity index is 1090. The van der Waals surface area contributed by atoms with Crippen molar-refractivity contribution in [2.75, 3.05) is 6.61 Å². The monoisotopic (exact) mass is 394 g/mol. The summed E-state index contributed by atoms with van der Waals surface area (Å²) in [5.41, 5.74) is 2.67. The minimum absolute atomic E-state index is 0.0636. The highest BCUT2D eigenvalue weighted by Gasteiger charge is 2.15. The summed E-state index contributed by atoms with van der Waals surface area (Å²) in [4.78, 5) is 4.69. The van der Waals surface area contributed by atoms with Gasteiger partial charge in [0.15, 0.2) is 0 Å². The number of hydrogen-bond acceptors (Lipinski definition) is 3. The van der Waals surface area contributed by atoms with Gasteiger partial charge in [0.2, 0.25) is 0 Å². The SMILES string of the molecule is OC(COc1ccc(F)cc1)Cn1c(Cc2ccc(F)cc2)nc2ccccc21. The molecule has 0 saturated carbocycles. The predicted octanol–water partition coefficient (Wildman–Crippen LogP) is 4.35. The summed E-state index contributed by atoms with van der Waals surface area (Å²) in [6.45, 7) is 0.354. The van der Waals surface area contributed by atoms with E-state index in [0.717, 1.165) is 22.4 Å². The summed E-state index contributed by atoms with van der Waals surface area (Å²) >= 11 is 0. The summed E-state index contributed by atoms with van der Waals surface area (Å²) in [7, 11) is 0. The number of rotatable bonds is 7. The number of para-hydroxylation sites is 2. The van der Waals surface area contributed by atoms with E-state index in [4.69, 9.17) is 4.74 Å². The number of aromatic nitrogens is 2. The second-order valence-corrected chi connectivity index (χ2v) is 6.85. The Labute approximate surface area is 167 Å². The van der Waals surface area contributed by atoms with Gasteiger partial charge in [0.1, 0.15) is 35.9 Å². The lowest BCUT2D eigenvalue weighted by atomic mass is 10.1. The third-order valence-corrected chi connectivity index (χ3v) is 4.66. The number of nitrogens with zero attached hydrogens (tertiary/aromatic N) is 2. The molecule has 0 saturated heterocycles. The first kappa shape index (κ1) is 19.1. The quantitative estimate of drug-likeness (QED) is 0.507. The van der Waals surface area contributed by atoms with Gasteiger partial charge in [-0.3, -0.25) is 0 Å². The lowest BCUT2D eigenvalue weighted by Crippen LogP contribution is -2.24. The first-order chi connectivity index (χ1) is 14.1. The van der Waals surface area contributed by atoms with Crippen molar-refractivity contribution >= 4 is 11.0 Å². The van der Waals surface area contributed by atoms with E-state index in [1.807, 2.05) is 28.8 Å². The van der Waals surface area contributed by atoms with E-state index in [0.29, 0.717) is 12.2 Å². The number of benzene rings is 3. The summed E-state index contributed by atoms with van der Waals surface area (Å²) in [5, 5.41) is 10.5. The van der Waals surface area contributed by atoms with Crippen molar-refractivity contribution in [3.8, 4) is 5.75 Å². The molecule has 0 amide bonds. The highest BCUT2D eigenvalue weighted by molar-refractivity contribution is 5.76. The van der Waals surface area contributed by atoms with Gasteiger partial charge in [0.25, 0.3) is 0 Å². The van der Waals surface area contributed by atoms with Gasteiger partial charge in [-0.25, -0.2) is 13.8 Å². The van der Waals surface area contributed by atoms with Crippen LogP contribution in [0.2, 0.25) is 0 Å². The molecule has 0 aliphatic rings. The molecule has 148 valence electrons. The molecule has 1 atom stereocenters.